The summed E-state index contributed by atoms with van der Waals surface area (Å²) >= 11 is 2.84. The van der Waals surface area contributed by atoms with Gasteiger partial charge in [-0.2, -0.15) is 11.8 Å². The van der Waals surface area contributed by atoms with E-state index in [-0.39, 0.29) is 17.5 Å². The molecule has 0 radical (unpaired) electrons. The maximum atomic E-state index is 11.5. The number of thiazole rings is 1. The molecule has 20 heavy (non-hydrogen) atoms. The van der Waals surface area contributed by atoms with Crippen LogP contribution in [0.4, 0.5) is 4.79 Å². The summed E-state index contributed by atoms with van der Waals surface area (Å²) in [5.74, 6) is -0.984. The lowest BCUT2D eigenvalue weighted by Gasteiger charge is -2.09. The Morgan fingerprint density at radius 3 is 2.70 bits per heavy atom. The number of amides is 2. The minimum absolute atomic E-state index is 0.219. The molecule has 0 aliphatic carbocycles. The first-order valence-corrected chi connectivity index (χ1v) is 8.28. The van der Waals surface area contributed by atoms with Gasteiger partial charge in [-0.05, 0) is 19.6 Å². The maximum absolute atomic E-state index is 11.5. The van der Waals surface area contributed by atoms with Gasteiger partial charge in [0.1, 0.15) is 9.88 Å². The molecule has 0 saturated heterocycles. The average Bonchev–Trinajstić information content (AvgIpc) is 2.77. The number of aromatic carboxylic acids is 1. The molecule has 0 fully saturated rings. The number of hydrogen-bond donors (Lipinski definition) is 3. The predicted molar refractivity (Wildman–Crippen MR) is 81.6 cm³/mol. The van der Waals surface area contributed by atoms with Crippen molar-refractivity contribution in [1.29, 1.82) is 0 Å². The molecule has 1 unspecified atom stereocenters. The van der Waals surface area contributed by atoms with Crippen LogP contribution in [-0.2, 0) is 6.54 Å². The largest absolute Gasteiger partial charge is 0.477 e. The Hall–Kier alpha value is -1.28. The van der Waals surface area contributed by atoms with Crippen LogP contribution in [0.3, 0.4) is 0 Å². The first kappa shape index (κ1) is 16.8. The Labute approximate surface area is 126 Å². The third kappa shape index (κ3) is 5.38. The Balaban J connectivity index is 2.34. The molecule has 1 atom stereocenters. The number of hydrogen-bond acceptors (Lipinski definition) is 5. The Bertz CT molecular complexity index is 477. The monoisotopic (exact) mass is 317 g/mol. The molecular weight excluding hydrogens is 298 g/mol. The molecule has 1 aromatic heterocycles. The third-order valence-electron chi connectivity index (χ3n) is 2.67. The van der Waals surface area contributed by atoms with E-state index in [1.54, 1.807) is 18.7 Å². The fraction of sp³-hybridized carbons (Fsp3) is 0.583. The summed E-state index contributed by atoms with van der Waals surface area (Å²) < 4.78 is 0. The lowest BCUT2D eigenvalue weighted by atomic mass is 10.3. The van der Waals surface area contributed by atoms with Crippen LogP contribution in [0.2, 0.25) is 0 Å². The van der Waals surface area contributed by atoms with E-state index in [4.69, 9.17) is 5.11 Å². The van der Waals surface area contributed by atoms with Gasteiger partial charge in [-0.15, -0.1) is 11.3 Å². The lowest BCUT2D eigenvalue weighted by Crippen LogP contribution is -2.36. The van der Waals surface area contributed by atoms with E-state index in [0.717, 1.165) is 17.8 Å². The zero-order chi connectivity index (χ0) is 15.1. The highest BCUT2D eigenvalue weighted by Gasteiger charge is 2.14. The highest BCUT2D eigenvalue weighted by Crippen LogP contribution is 2.17. The van der Waals surface area contributed by atoms with Crippen LogP contribution in [0.5, 0.6) is 0 Å². The van der Waals surface area contributed by atoms with Crippen molar-refractivity contribution in [2.45, 2.75) is 32.1 Å². The number of thioether (sulfide) groups is 1. The molecule has 112 valence electrons. The van der Waals surface area contributed by atoms with Crippen molar-refractivity contribution >= 4 is 35.1 Å². The van der Waals surface area contributed by atoms with Crippen molar-refractivity contribution in [1.82, 2.24) is 15.6 Å². The molecule has 0 aromatic carbocycles. The van der Waals surface area contributed by atoms with Gasteiger partial charge in [-0.3, -0.25) is 0 Å². The standard InChI is InChI=1S/C12H19N3O3S2/c1-7(19-3)4-5-13-12(18)14-6-9-15-8(2)10(20-9)11(16)17/h7H,4-6H2,1-3H3,(H,16,17)(H2,13,14,18). The number of aromatic nitrogens is 1. The molecule has 1 aromatic rings. The van der Waals surface area contributed by atoms with Crippen molar-refractivity contribution in [3.8, 4) is 0 Å². The topological polar surface area (TPSA) is 91.3 Å². The fourth-order valence-corrected chi connectivity index (χ4v) is 2.65. The average molecular weight is 317 g/mol. The Morgan fingerprint density at radius 1 is 1.45 bits per heavy atom. The van der Waals surface area contributed by atoms with E-state index in [1.165, 1.54) is 0 Å². The fourth-order valence-electron chi connectivity index (χ4n) is 1.45. The van der Waals surface area contributed by atoms with E-state index in [9.17, 15) is 9.59 Å². The minimum Gasteiger partial charge on any atom is -0.477 e. The number of rotatable bonds is 7. The van der Waals surface area contributed by atoms with Crippen molar-refractivity contribution in [2.24, 2.45) is 0 Å². The smallest absolute Gasteiger partial charge is 0.347 e. The number of urea groups is 1. The van der Waals surface area contributed by atoms with Gasteiger partial charge in [0.2, 0.25) is 0 Å². The molecule has 0 saturated carbocycles. The first-order valence-electron chi connectivity index (χ1n) is 6.18. The first-order chi connectivity index (χ1) is 9.43. The minimum atomic E-state index is -0.984. The summed E-state index contributed by atoms with van der Waals surface area (Å²) in [6.45, 7) is 4.61. The third-order valence-corrected chi connectivity index (χ3v) is 4.86. The van der Waals surface area contributed by atoms with Crippen LogP contribution in [0.25, 0.3) is 0 Å². The van der Waals surface area contributed by atoms with Gasteiger partial charge in [0.05, 0.1) is 12.2 Å². The predicted octanol–water partition coefficient (Wildman–Crippen LogP) is 2.09. The molecule has 0 bridgehead atoms. The molecule has 0 aliphatic heterocycles. The van der Waals surface area contributed by atoms with E-state index in [1.807, 2.05) is 6.26 Å². The van der Waals surface area contributed by atoms with Crippen molar-refractivity contribution < 1.29 is 14.7 Å². The van der Waals surface area contributed by atoms with Crippen LogP contribution < -0.4 is 10.6 Å². The normalized spacial score (nSPS) is 11.9. The second-order valence-corrected chi connectivity index (χ2v) is 6.63. The second kappa shape index (κ2) is 8.11. The molecule has 2 amide bonds. The molecule has 1 heterocycles. The van der Waals surface area contributed by atoms with Crippen LogP contribution in [0.1, 0.15) is 33.7 Å². The number of carboxylic acids is 1. The van der Waals surface area contributed by atoms with Crippen molar-refractivity contribution in [2.75, 3.05) is 12.8 Å². The highest BCUT2D eigenvalue weighted by atomic mass is 32.2. The Kier molecular flexibility index (Phi) is 6.80. The molecule has 0 spiro atoms. The number of carboxylic acid groups (broad SMARTS) is 1. The zero-order valence-corrected chi connectivity index (χ0v) is 13.4. The van der Waals surface area contributed by atoms with Crippen LogP contribution in [0, 0.1) is 6.92 Å². The van der Waals surface area contributed by atoms with E-state index < -0.39 is 5.97 Å². The Morgan fingerprint density at radius 2 is 2.15 bits per heavy atom. The number of carbonyl (C=O) groups is 2. The zero-order valence-electron chi connectivity index (χ0n) is 11.7. The molecule has 8 heteroatoms. The van der Waals surface area contributed by atoms with Gasteiger partial charge in [0, 0.05) is 11.8 Å². The van der Waals surface area contributed by atoms with Gasteiger partial charge >= 0.3 is 12.0 Å². The van der Waals surface area contributed by atoms with Gasteiger partial charge in [-0.1, -0.05) is 6.92 Å². The lowest BCUT2D eigenvalue weighted by molar-refractivity contribution is 0.0701. The summed E-state index contributed by atoms with van der Waals surface area (Å²) in [7, 11) is 0. The number of aryl methyl sites for hydroxylation is 1. The van der Waals surface area contributed by atoms with Crippen LogP contribution >= 0.6 is 23.1 Å². The summed E-state index contributed by atoms with van der Waals surface area (Å²) in [5.41, 5.74) is 0.480. The van der Waals surface area contributed by atoms with Gasteiger partial charge in [0.25, 0.3) is 0 Å². The van der Waals surface area contributed by atoms with Crippen molar-refractivity contribution in [3.05, 3.63) is 15.6 Å². The molecular formula is C12H19N3O3S2. The number of nitrogens with zero attached hydrogens (tertiary/aromatic N) is 1. The van der Waals surface area contributed by atoms with E-state index >= 15 is 0 Å². The summed E-state index contributed by atoms with van der Waals surface area (Å²) in [6, 6.07) is -0.261. The highest BCUT2D eigenvalue weighted by molar-refractivity contribution is 7.99. The number of nitrogens with one attached hydrogen (secondary N) is 2. The maximum Gasteiger partial charge on any atom is 0.347 e. The van der Waals surface area contributed by atoms with Crippen molar-refractivity contribution in [3.63, 3.8) is 0 Å². The summed E-state index contributed by atoms with van der Waals surface area (Å²) in [4.78, 5) is 26.8. The van der Waals surface area contributed by atoms with E-state index in [0.29, 0.717) is 22.5 Å². The van der Waals surface area contributed by atoms with Crippen LogP contribution in [0.15, 0.2) is 0 Å². The summed E-state index contributed by atoms with van der Waals surface area (Å²) in [5, 5.41) is 15.4. The molecule has 1 rings (SSSR count). The van der Waals surface area contributed by atoms with Crippen LogP contribution in [-0.4, -0.2) is 40.1 Å². The van der Waals surface area contributed by atoms with E-state index in [2.05, 4.69) is 22.5 Å². The molecule has 3 N–H and O–H groups in total. The second-order valence-electron chi connectivity index (χ2n) is 4.27. The number of carbonyl (C=O) groups excluding carboxylic acids is 1. The van der Waals surface area contributed by atoms with Gasteiger partial charge < -0.3 is 15.7 Å². The molecule has 0 aliphatic rings. The SMILES string of the molecule is CSC(C)CCNC(=O)NCc1nc(C)c(C(=O)O)s1. The van der Waals surface area contributed by atoms with Gasteiger partial charge in [0.15, 0.2) is 0 Å². The quantitative estimate of drug-likeness (QED) is 0.716. The molecule has 6 nitrogen and oxygen atoms in total. The van der Waals surface area contributed by atoms with Gasteiger partial charge in [-0.25, -0.2) is 14.6 Å². The summed E-state index contributed by atoms with van der Waals surface area (Å²) in [6.07, 6.45) is 2.95.